The normalized spacial score (nSPS) is 29.2. The maximum absolute atomic E-state index is 11.7. The van der Waals surface area contributed by atoms with Crippen molar-refractivity contribution in [2.45, 2.75) is 25.3 Å². The molecule has 2 unspecified atom stereocenters. The van der Waals surface area contributed by atoms with Gasteiger partial charge >= 0.3 is 0 Å². The van der Waals surface area contributed by atoms with Crippen molar-refractivity contribution in [3.63, 3.8) is 0 Å². The zero-order chi connectivity index (χ0) is 9.97. The summed E-state index contributed by atoms with van der Waals surface area (Å²) in [6, 6.07) is 0.528. The van der Waals surface area contributed by atoms with Crippen LogP contribution in [0.5, 0.6) is 0 Å². The van der Waals surface area contributed by atoms with Crippen LogP contribution in [-0.4, -0.2) is 36.5 Å². The van der Waals surface area contributed by atoms with Crippen molar-refractivity contribution in [1.29, 1.82) is 0 Å². The molecule has 1 saturated carbocycles. The number of rotatable bonds is 3. The zero-order valence-corrected chi connectivity index (χ0v) is 8.33. The van der Waals surface area contributed by atoms with Gasteiger partial charge in [0.25, 0.3) is 0 Å². The second-order valence-corrected chi connectivity index (χ2v) is 4.19. The Hall–Kier alpha value is -1.01. The third kappa shape index (κ3) is 1.76. The smallest absolute Gasteiger partial charge is 0.236 e. The SMILES string of the molecule is C#CCNCC(=O)N1CC2CCC1C2. The number of hydrogen-bond donors (Lipinski definition) is 1. The van der Waals surface area contributed by atoms with E-state index in [1.807, 2.05) is 4.90 Å². The fraction of sp³-hybridized carbons (Fsp3) is 0.727. The first kappa shape index (κ1) is 9.54. The van der Waals surface area contributed by atoms with Crippen LogP contribution in [0.25, 0.3) is 0 Å². The molecule has 1 N–H and O–H groups in total. The molecule has 1 heterocycles. The Bertz CT molecular complexity index is 269. The van der Waals surface area contributed by atoms with Crippen LogP contribution < -0.4 is 5.32 Å². The van der Waals surface area contributed by atoms with Crippen molar-refractivity contribution < 1.29 is 4.79 Å². The van der Waals surface area contributed by atoms with E-state index in [0.29, 0.717) is 19.1 Å². The molecule has 3 heteroatoms. The highest BCUT2D eigenvalue weighted by molar-refractivity contribution is 5.79. The van der Waals surface area contributed by atoms with Gasteiger partial charge in [-0.05, 0) is 25.2 Å². The molecular formula is C11H16N2O. The van der Waals surface area contributed by atoms with E-state index in [-0.39, 0.29) is 5.91 Å². The highest BCUT2D eigenvalue weighted by atomic mass is 16.2. The Balaban J connectivity index is 1.79. The van der Waals surface area contributed by atoms with E-state index in [2.05, 4.69) is 11.2 Å². The average Bonchev–Trinajstić information content (AvgIpc) is 2.79. The minimum atomic E-state index is 0.215. The summed E-state index contributed by atoms with van der Waals surface area (Å²) in [6.07, 6.45) is 8.83. The van der Waals surface area contributed by atoms with Crippen LogP contribution in [-0.2, 0) is 4.79 Å². The van der Waals surface area contributed by atoms with Crippen molar-refractivity contribution >= 4 is 5.91 Å². The number of hydrogen-bond acceptors (Lipinski definition) is 2. The highest BCUT2D eigenvalue weighted by Gasteiger charge is 2.39. The summed E-state index contributed by atoms with van der Waals surface area (Å²) in [7, 11) is 0. The van der Waals surface area contributed by atoms with Gasteiger partial charge in [-0.15, -0.1) is 6.42 Å². The van der Waals surface area contributed by atoms with Crippen LogP contribution in [0.15, 0.2) is 0 Å². The van der Waals surface area contributed by atoms with Crippen molar-refractivity contribution in [2.75, 3.05) is 19.6 Å². The number of piperidine rings is 1. The van der Waals surface area contributed by atoms with E-state index in [0.717, 1.165) is 12.5 Å². The van der Waals surface area contributed by atoms with E-state index in [1.165, 1.54) is 19.3 Å². The number of amides is 1. The molecule has 1 amide bonds. The summed E-state index contributed by atoms with van der Waals surface area (Å²) in [5.41, 5.74) is 0. The van der Waals surface area contributed by atoms with E-state index in [1.54, 1.807) is 0 Å². The maximum atomic E-state index is 11.7. The van der Waals surface area contributed by atoms with Gasteiger partial charge in [0.1, 0.15) is 0 Å². The third-order valence-corrected chi connectivity index (χ3v) is 3.23. The number of carbonyl (C=O) groups excluding carboxylic acids is 1. The topological polar surface area (TPSA) is 32.3 Å². The summed E-state index contributed by atoms with van der Waals surface area (Å²) < 4.78 is 0. The molecule has 1 aliphatic heterocycles. The first-order chi connectivity index (χ1) is 6.81. The summed E-state index contributed by atoms with van der Waals surface area (Å²) in [4.78, 5) is 13.7. The number of nitrogens with zero attached hydrogens (tertiary/aromatic N) is 1. The molecule has 2 rings (SSSR count). The molecule has 1 saturated heterocycles. The molecule has 3 nitrogen and oxygen atoms in total. The number of likely N-dealkylation sites (tertiary alicyclic amines) is 1. The van der Waals surface area contributed by atoms with Crippen LogP contribution in [0.2, 0.25) is 0 Å². The van der Waals surface area contributed by atoms with E-state index < -0.39 is 0 Å². The zero-order valence-electron chi connectivity index (χ0n) is 8.33. The van der Waals surface area contributed by atoms with Crippen molar-refractivity contribution in [2.24, 2.45) is 5.92 Å². The predicted molar refractivity (Wildman–Crippen MR) is 54.5 cm³/mol. The lowest BCUT2D eigenvalue weighted by Gasteiger charge is -2.26. The van der Waals surface area contributed by atoms with Gasteiger partial charge in [-0.25, -0.2) is 0 Å². The quantitative estimate of drug-likeness (QED) is 0.512. The molecule has 0 aromatic rings. The lowest BCUT2D eigenvalue weighted by Crippen LogP contribution is -2.42. The Morgan fingerprint density at radius 1 is 1.57 bits per heavy atom. The van der Waals surface area contributed by atoms with Crippen molar-refractivity contribution in [3.05, 3.63) is 0 Å². The van der Waals surface area contributed by atoms with E-state index in [4.69, 9.17) is 6.42 Å². The molecule has 2 bridgehead atoms. The molecule has 0 spiro atoms. The largest absolute Gasteiger partial charge is 0.338 e. The van der Waals surface area contributed by atoms with Gasteiger partial charge in [-0.3, -0.25) is 10.1 Å². The van der Waals surface area contributed by atoms with E-state index in [9.17, 15) is 4.79 Å². The Labute approximate surface area is 84.8 Å². The molecule has 0 aromatic heterocycles. The lowest BCUT2D eigenvalue weighted by atomic mass is 10.1. The van der Waals surface area contributed by atoms with Gasteiger partial charge in [-0.1, -0.05) is 5.92 Å². The first-order valence-corrected chi connectivity index (χ1v) is 5.25. The third-order valence-electron chi connectivity index (χ3n) is 3.23. The fourth-order valence-electron chi connectivity index (χ4n) is 2.57. The van der Waals surface area contributed by atoms with Crippen LogP contribution >= 0.6 is 0 Å². The second-order valence-electron chi connectivity index (χ2n) is 4.19. The molecule has 2 atom stereocenters. The molecular weight excluding hydrogens is 176 g/mol. The minimum Gasteiger partial charge on any atom is -0.338 e. The fourth-order valence-corrected chi connectivity index (χ4v) is 2.57. The molecule has 0 aromatic carbocycles. The van der Waals surface area contributed by atoms with Crippen LogP contribution in [0.1, 0.15) is 19.3 Å². The summed E-state index contributed by atoms with van der Waals surface area (Å²) >= 11 is 0. The first-order valence-electron chi connectivity index (χ1n) is 5.25. The molecule has 14 heavy (non-hydrogen) atoms. The number of nitrogens with one attached hydrogen (secondary N) is 1. The summed E-state index contributed by atoms with van der Waals surface area (Å²) in [6.45, 7) is 1.85. The standard InChI is InChI=1S/C11H16N2O/c1-2-5-12-7-11(14)13-8-9-3-4-10(13)6-9/h1,9-10,12H,3-8H2. The van der Waals surface area contributed by atoms with Gasteiger partial charge in [-0.2, -0.15) is 0 Å². The van der Waals surface area contributed by atoms with Crippen LogP contribution in [0, 0.1) is 18.3 Å². The van der Waals surface area contributed by atoms with Crippen molar-refractivity contribution in [3.8, 4) is 12.3 Å². The van der Waals surface area contributed by atoms with Crippen LogP contribution in [0.4, 0.5) is 0 Å². The lowest BCUT2D eigenvalue weighted by molar-refractivity contribution is -0.131. The van der Waals surface area contributed by atoms with Gasteiger partial charge in [0.05, 0.1) is 13.1 Å². The molecule has 0 radical (unpaired) electrons. The van der Waals surface area contributed by atoms with Crippen molar-refractivity contribution in [1.82, 2.24) is 10.2 Å². The number of fused-ring (bicyclic) bond motifs is 2. The molecule has 2 fully saturated rings. The second kappa shape index (κ2) is 4.02. The monoisotopic (exact) mass is 192 g/mol. The number of carbonyl (C=O) groups is 1. The Kier molecular flexibility index (Phi) is 2.74. The molecule has 2 aliphatic rings. The maximum Gasteiger partial charge on any atom is 0.236 e. The summed E-state index contributed by atoms with van der Waals surface area (Å²) in [5.74, 6) is 3.46. The molecule has 76 valence electrons. The van der Waals surface area contributed by atoms with E-state index >= 15 is 0 Å². The van der Waals surface area contributed by atoms with Gasteiger partial charge in [0.15, 0.2) is 0 Å². The average molecular weight is 192 g/mol. The molecule has 1 aliphatic carbocycles. The van der Waals surface area contributed by atoms with Gasteiger partial charge < -0.3 is 4.90 Å². The van der Waals surface area contributed by atoms with Crippen LogP contribution in [0.3, 0.4) is 0 Å². The number of terminal acetylenes is 1. The minimum absolute atomic E-state index is 0.215. The van der Waals surface area contributed by atoms with Gasteiger partial charge in [0.2, 0.25) is 5.91 Å². The summed E-state index contributed by atoms with van der Waals surface area (Å²) in [5, 5.41) is 2.94. The van der Waals surface area contributed by atoms with Gasteiger partial charge in [0, 0.05) is 12.6 Å². The highest BCUT2D eigenvalue weighted by Crippen LogP contribution is 2.37. The Morgan fingerprint density at radius 2 is 2.43 bits per heavy atom. The Morgan fingerprint density at radius 3 is 3.00 bits per heavy atom. The predicted octanol–water partition coefficient (Wildman–Crippen LogP) is 0.220.